The molecule has 0 aromatic rings. The highest BCUT2D eigenvalue weighted by Gasteiger charge is 2.36. The van der Waals surface area contributed by atoms with Crippen molar-refractivity contribution in [3.63, 3.8) is 0 Å². The number of hydrogen-bond acceptors (Lipinski definition) is 17. The lowest BCUT2D eigenvalue weighted by atomic mass is 9.97. The summed E-state index contributed by atoms with van der Waals surface area (Å²) in [4.78, 5) is 186. The van der Waals surface area contributed by atoms with Gasteiger partial charge >= 0.3 is 11.9 Å². The van der Waals surface area contributed by atoms with Crippen LogP contribution in [0.4, 0.5) is 0 Å². The third kappa shape index (κ3) is 30.7. The van der Waals surface area contributed by atoms with E-state index in [1.807, 2.05) is 0 Å². The van der Waals surface area contributed by atoms with Gasteiger partial charge in [-0.25, -0.2) is 4.79 Å². The van der Waals surface area contributed by atoms with Gasteiger partial charge in [-0.2, -0.15) is 0 Å². The Morgan fingerprint density at radius 2 is 0.929 bits per heavy atom. The number of aliphatic carboxylic acids is 2. The lowest BCUT2D eigenvalue weighted by Gasteiger charge is -2.27. The molecule has 476 valence electrons. The molecule has 0 aliphatic heterocycles. The van der Waals surface area contributed by atoms with Crippen molar-refractivity contribution < 1.29 is 82.4 Å². The lowest BCUT2D eigenvalue weighted by molar-refractivity contribution is -0.143. The summed E-state index contributed by atoms with van der Waals surface area (Å²) in [7, 11) is 0. The zero-order valence-electron chi connectivity index (χ0n) is 49.2. The summed E-state index contributed by atoms with van der Waals surface area (Å²) in [6, 6.07) is -15.2. The Hall–Kier alpha value is -8.23. The fourth-order valence-electron chi connectivity index (χ4n) is 7.85. The van der Waals surface area contributed by atoms with Crippen molar-refractivity contribution in [2.45, 2.75) is 187 Å². The maximum Gasteiger partial charge on any atom is 0.326 e. The Morgan fingerprint density at radius 3 is 1.42 bits per heavy atom. The van der Waals surface area contributed by atoms with E-state index in [9.17, 15) is 82.4 Å². The molecule has 0 aromatic carbocycles. The van der Waals surface area contributed by atoms with E-state index in [0.717, 1.165) is 0 Å². The number of carbonyl (C=O) groups excluding carboxylic acids is 12. The molecule has 23 N–H and O–H groups in total. The molecule has 0 bridgehead atoms. The van der Waals surface area contributed by atoms with Gasteiger partial charge in [-0.3, -0.25) is 67.3 Å². The van der Waals surface area contributed by atoms with Crippen molar-refractivity contribution in [2.75, 3.05) is 19.7 Å². The molecule has 0 aliphatic rings. The smallest absolute Gasteiger partial charge is 0.326 e. The number of rotatable bonds is 41. The fraction of sp³-hybridized carbons (Fsp3) is 0.706. The van der Waals surface area contributed by atoms with Crippen LogP contribution in [0.2, 0.25) is 0 Å². The van der Waals surface area contributed by atoms with E-state index in [1.54, 1.807) is 55.4 Å². The molecule has 0 saturated heterocycles. The van der Waals surface area contributed by atoms with Gasteiger partial charge in [0.05, 0.1) is 32.0 Å². The maximum atomic E-state index is 14.1. The molecule has 0 aromatic heterocycles. The largest absolute Gasteiger partial charge is 0.481 e. The molecule has 0 unspecified atom stereocenters. The third-order valence-electron chi connectivity index (χ3n) is 12.5. The number of primary amides is 2. The fourth-order valence-corrected chi connectivity index (χ4v) is 7.85. The van der Waals surface area contributed by atoms with Crippen LogP contribution in [-0.4, -0.2) is 184 Å². The molecule has 33 heteroatoms. The summed E-state index contributed by atoms with van der Waals surface area (Å²) in [5, 5.41) is 52.7. The molecule has 0 heterocycles. The molecule has 0 fully saturated rings. The second-order valence-corrected chi connectivity index (χ2v) is 21.5. The number of nitrogens with one attached hydrogen (secondary N) is 10. The maximum absolute atomic E-state index is 14.1. The molecule has 11 atom stereocenters. The number of carboxylic acids is 2. The molecule has 0 aliphatic carbocycles. The summed E-state index contributed by atoms with van der Waals surface area (Å²) >= 11 is 0. The summed E-state index contributed by atoms with van der Waals surface area (Å²) in [6.45, 7) is 13.0. The second kappa shape index (κ2) is 38.5. The van der Waals surface area contributed by atoms with Gasteiger partial charge in [-0.1, -0.05) is 61.8 Å². The van der Waals surface area contributed by atoms with Crippen LogP contribution < -0.4 is 81.8 Å². The highest BCUT2D eigenvalue weighted by Crippen LogP contribution is 2.13. The van der Waals surface area contributed by atoms with Crippen LogP contribution in [0.15, 0.2) is 4.99 Å². The predicted octanol–water partition coefficient (Wildman–Crippen LogP) is -6.26. The van der Waals surface area contributed by atoms with Crippen LogP contribution >= 0.6 is 0 Å². The number of guanidine groups is 1. The normalized spacial score (nSPS) is 15.0. The molecule has 84 heavy (non-hydrogen) atoms. The van der Waals surface area contributed by atoms with Gasteiger partial charge in [0.1, 0.15) is 54.4 Å². The molecule has 0 rings (SSSR count). The Bertz CT molecular complexity index is 2330. The van der Waals surface area contributed by atoms with Crippen LogP contribution in [0.1, 0.15) is 127 Å². The molecule has 33 nitrogen and oxygen atoms in total. The van der Waals surface area contributed by atoms with E-state index in [-0.39, 0.29) is 75.2 Å². The first kappa shape index (κ1) is 75.8. The van der Waals surface area contributed by atoms with Crippen LogP contribution in [0.25, 0.3) is 0 Å². The number of hydrogen-bond donors (Lipinski definition) is 18. The Balaban J connectivity index is 6.50. The molecule has 0 saturated carbocycles. The van der Waals surface area contributed by atoms with Crippen molar-refractivity contribution in [2.24, 2.45) is 57.3 Å². The Morgan fingerprint density at radius 1 is 0.476 bits per heavy atom. The summed E-state index contributed by atoms with van der Waals surface area (Å²) in [6.07, 6.45) is -2.36. The predicted molar refractivity (Wildman–Crippen MR) is 301 cm³/mol. The first-order valence-corrected chi connectivity index (χ1v) is 27.5. The minimum atomic E-state index is -2.00. The van der Waals surface area contributed by atoms with E-state index in [1.165, 1.54) is 6.92 Å². The highest BCUT2D eigenvalue weighted by atomic mass is 16.4. The van der Waals surface area contributed by atoms with Crippen molar-refractivity contribution in [1.29, 1.82) is 0 Å². The minimum Gasteiger partial charge on any atom is -0.481 e. The standard InChI is InChI=1S/C51H90N16O17/c1-10-26(8)40(49(82)65-34(50(83)84)18-25(6)7)67-38(71)21-58-43(76)35(22-68)66-48(81)33(20-39(72)73)64-44(77)29(12-11-15-57-51(55)56)61-47(80)31(17-24(4)5)62-41(74)27(9)59-46(79)32(19-37(54)70)63-45(78)30(13-14-36(53)69)60-42(75)28(52)16-23(2)3/h23-35,40,68H,10-22,52H2,1-9H3,(H2,53,69)(H2,54,70)(H,58,76)(H,59,79)(H,60,75)(H,61,80)(H,62,74)(H,63,78)(H,64,77)(H,65,82)(H,66,81)(H,67,71)(H,72,73)(H,83,84)(H4,55,56,57)/t26-,27-,28-,29-,30-,31-,32-,33-,34-,35-,40-/m0/s1. The van der Waals surface area contributed by atoms with Crippen molar-refractivity contribution >= 4 is 88.8 Å². The summed E-state index contributed by atoms with van der Waals surface area (Å²) in [5.41, 5.74) is 27.5. The Kier molecular flexibility index (Phi) is 34.8. The van der Waals surface area contributed by atoms with Crippen LogP contribution in [0, 0.1) is 23.7 Å². The van der Waals surface area contributed by atoms with Gasteiger partial charge < -0.3 is 97.2 Å². The van der Waals surface area contributed by atoms with Crippen LogP contribution in [0.5, 0.6) is 0 Å². The number of aliphatic imine (C=N–C) groups is 1. The first-order chi connectivity index (χ1) is 39.0. The number of nitrogens with zero attached hydrogens (tertiary/aromatic N) is 1. The highest BCUT2D eigenvalue weighted by molar-refractivity contribution is 6.00. The van der Waals surface area contributed by atoms with Gasteiger partial charge in [-0.15, -0.1) is 0 Å². The first-order valence-electron chi connectivity index (χ1n) is 27.5. The van der Waals surface area contributed by atoms with Gasteiger partial charge in [0.25, 0.3) is 0 Å². The van der Waals surface area contributed by atoms with E-state index in [4.69, 9.17) is 28.7 Å². The number of aliphatic hydroxyl groups excluding tert-OH is 1. The van der Waals surface area contributed by atoms with Gasteiger partial charge in [0.15, 0.2) is 5.96 Å². The van der Waals surface area contributed by atoms with Gasteiger partial charge in [-0.05, 0) is 69.1 Å². The molecular weight excluding hydrogens is 1110 g/mol. The van der Waals surface area contributed by atoms with E-state index in [0.29, 0.717) is 6.42 Å². The molecular formula is C51H90N16O17. The molecule has 12 amide bonds. The van der Waals surface area contributed by atoms with Crippen LogP contribution in [-0.2, 0) is 67.1 Å². The number of aliphatic hydroxyl groups is 1. The van der Waals surface area contributed by atoms with E-state index >= 15 is 0 Å². The third-order valence-corrected chi connectivity index (χ3v) is 12.5. The molecule has 0 spiro atoms. The molecule has 0 radical (unpaired) electrons. The zero-order valence-corrected chi connectivity index (χ0v) is 49.2. The number of carbonyl (C=O) groups is 14. The monoisotopic (exact) mass is 1200 g/mol. The quantitative estimate of drug-likeness (QED) is 0.0154. The number of nitrogens with two attached hydrogens (primary N) is 5. The second-order valence-electron chi connectivity index (χ2n) is 21.5. The lowest BCUT2D eigenvalue weighted by Crippen LogP contribution is -2.60. The van der Waals surface area contributed by atoms with Crippen molar-refractivity contribution in [1.82, 2.24) is 53.2 Å². The van der Waals surface area contributed by atoms with Gasteiger partial charge in [0.2, 0.25) is 70.9 Å². The van der Waals surface area contributed by atoms with Crippen LogP contribution in [0.3, 0.4) is 0 Å². The summed E-state index contributed by atoms with van der Waals surface area (Å²) in [5.74, 6) is -16.4. The SMILES string of the molecule is CC[C@H](C)[C@H](NC(=O)CNC(=O)[C@H](CO)NC(=O)[C@H](CC(=O)O)NC(=O)[C@H](CCCN=C(N)N)NC(=O)[C@H](CC(C)C)NC(=O)[C@H](C)NC(=O)[C@H](CC(N)=O)NC(=O)[C@H](CCC(N)=O)NC(=O)[C@@H](N)CC(C)C)C(=O)N[C@@H](CC(C)C)C(=O)O. The van der Waals surface area contributed by atoms with E-state index in [2.05, 4.69) is 58.2 Å². The Labute approximate surface area is 487 Å². The van der Waals surface area contributed by atoms with Crippen molar-refractivity contribution in [3.8, 4) is 0 Å². The minimum absolute atomic E-state index is 0.0122. The zero-order chi connectivity index (χ0) is 64.7. The average molecular weight is 1200 g/mol. The number of carboxylic acid groups (broad SMARTS) is 2. The number of amides is 12. The van der Waals surface area contributed by atoms with E-state index < -0.39 is 175 Å². The van der Waals surface area contributed by atoms with Crippen molar-refractivity contribution in [3.05, 3.63) is 0 Å². The average Bonchev–Trinajstić information content (AvgIpc) is 3.53. The van der Waals surface area contributed by atoms with Gasteiger partial charge in [0, 0.05) is 13.0 Å². The summed E-state index contributed by atoms with van der Waals surface area (Å²) < 4.78 is 0. The topological polar surface area (TPSA) is 562 Å².